The van der Waals surface area contributed by atoms with E-state index in [1.54, 1.807) is 59.8 Å². The SMILES string of the molecule is CC(C)(C)OC(=O)C(=[C-]N)/C([NH-])=C(\C(=O)OC(C)(C)C)C1=NC(=Cc2ccc(C=C3C=CC([CH]=[Zn])=N3)[nH]2)C=C1. The number of aromatic amines is 1. The summed E-state index contributed by atoms with van der Waals surface area (Å²) in [6, 6.07) is 3.83. The molecule has 0 fully saturated rings. The summed E-state index contributed by atoms with van der Waals surface area (Å²) in [5.41, 5.74) is 15.6. The second kappa shape index (κ2) is 11.9. The number of aromatic nitrogens is 1. The first-order valence-electron chi connectivity index (χ1n) is 12.2. The van der Waals surface area contributed by atoms with Gasteiger partial charge < -0.3 is 25.7 Å². The van der Waals surface area contributed by atoms with Crippen LogP contribution in [0.15, 0.2) is 74.7 Å². The number of rotatable bonds is 7. The summed E-state index contributed by atoms with van der Waals surface area (Å²) >= 11 is 1.04. The fraction of sp³-hybridized carbons (Fsp3) is 0.276. The van der Waals surface area contributed by atoms with E-state index in [2.05, 4.69) is 25.8 Å². The van der Waals surface area contributed by atoms with Gasteiger partial charge in [-0.25, -0.2) is 10.5 Å². The molecule has 0 unspecified atom stereocenters. The number of carbonyl (C=O) groups excluding carboxylic acids is 2. The molecule has 0 spiro atoms. The maximum absolute atomic E-state index is 13.2. The summed E-state index contributed by atoms with van der Waals surface area (Å²) in [6.45, 7) is 10.2. The Labute approximate surface area is 238 Å². The molecule has 0 aliphatic carbocycles. The fourth-order valence-corrected chi connectivity index (χ4v) is 3.93. The van der Waals surface area contributed by atoms with Gasteiger partial charge in [-0.2, -0.15) is 0 Å². The Morgan fingerprint density at radius 2 is 1.46 bits per heavy atom. The number of nitrogens with zero attached hydrogens (tertiary/aromatic N) is 2. The molecule has 2 aliphatic heterocycles. The van der Waals surface area contributed by atoms with Gasteiger partial charge in [-0.3, -0.25) is 0 Å². The molecule has 0 bridgehead atoms. The van der Waals surface area contributed by atoms with Crippen molar-refractivity contribution in [3.05, 3.63) is 88.0 Å². The normalized spacial score (nSPS) is 18.3. The van der Waals surface area contributed by atoms with Crippen molar-refractivity contribution < 1.29 is 36.9 Å². The van der Waals surface area contributed by atoms with Crippen molar-refractivity contribution in [3.8, 4) is 0 Å². The second-order valence-electron chi connectivity index (χ2n) is 10.7. The summed E-state index contributed by atoms with van der Waals surface area (Å²) in [5, 5.41) is 0. The molecule has 39 heavy (non-hydrogen) atoms. The number of aliphatic imine (C=N–C) groups is 2. The number of hydrogen-bond acceptors (Lipinski definition) is 7. The summed E-state index contributed by atoms with van der Waals surface area (Å²) in [4.78, 5) is 38.3. The Hall–Kier alpha value is -3.91. The predicted molar refractivity (Wildman–Crippen MR) is 150 cm³/mol. The first-order chi connectivity index (χ1) is 18.2. The monoisotopic (exact) mass is 577 g/mol. The number of nitrogens with two attached hydrogens (primary N) is 1. The molecule has 1 aromatic rings. The van der Waals surface area contributed by atoms with Crippen LogP contribution in [-0.4, -0.2) is 44.2 Å². The van der Waals surface area contributed by atoms with Gasteiger partial charge in [-0.05, 0) is 41.5 Å². The van der Waals surface area contributed by atoms with E-state index in [4.69, 9.17) is 20.9 Å². The number of H-pyrrole nitrogens is 1. The van der Waals surface area contributed by atoms with Crippen molar-refractivity contribution in [1.29, 1.82) is 0 Å². The molecule has 4 N–H and O–H groups in total. The van der Waals surface area contributed by atoms with Crippen molar-refractivity contribution in [2.45, 2.75) is 52.7 Å². The molecule has 0 amide bonds. The van der Waals surface area contributed by atoms with Crippen LogP contribution < -0.4 is 5.73 Å². The second-order valence-corrected chi connectivity index (χ2v) is 11.5. The van der Waals surface area contributed by atoms with Crippen LogP contribution in [0.5, 0.6) is 0 Å². The van der Waals surface area contributed by atoms with Gasteiger partial charge in [0.15, 0.2) is 0 Å². The van der Waals surface area contributed by atoms with Gasteiger partial charge in [0.25, 0.3) is 0 Å². The van der Waals surface area contributed by atoms with E-state index in [0.29, 0.717) is 5.70 Å². The summed E-state index contributed by atoms with van der Waals surface area (Å²) in [7, 11) is 0. The Balaban J connectivity index is 1.96. The van der Waals surface area contributed by atoms with E-state index >= 15 is 0 Å². The van der Waals surface area contributed by atoms with Gasteiger partial charge in [0.2, 0.25) is 5.97 Å². The zero-order valence-corrected chi connectivity index (χ0v) is 26.0. The molecule has 3 rings (SSSR count). The average molecular weight is 579 g/mol. The van der Waals surface area contributed by atoms with E-state index in [1.807, 2.05) is 30.4 Å². The molecule has 200 valence electrons. The molecular formula is C29H31N5O4Zn-2. The quantitative estimate of drug-likeness (QED) is 0.120. The fourth-order valence-electron chi connectivity index (χ4n) is 3.45. The molecule has 2 aliphatic rings. The van der Waals surface area contributed by atoms with E-state index in [0.717, 1.165) is 40.6 Å². The van der Waals surface area contributed by atoms with Crippen molar-refractivity contribution >= 4 is 40.1 Å². The topological polar surface area (TPSA) is 143 Å². The molecule has 0 aromatic carbocycles. The van der Waals surface area contributed by atoms with Crippen LogP contribution in [-0.2, 0) is 36.9 Å². The van der Waals surface area contributed by atoms with Crippen LogP contribution in [0.2, 0.25) is 0 Å². The Morgan fingerprint density at radius 1 is 0.923 bits per heavy atom. The predicted octanol–water partition coefficient (Wildman–Crippen LogP) is 4.70. The van der Waals surface area contributed by atoms with Gasteiger partial charge in [0.1, 0.15) is 5.60 Å². The van der Waals surface area contributed by atoms with E-state index < -0.39 is 34.4 Å². The third-order valence-corrected chi connectivity index (χ3v) is 5.88. The molecular weight excluding hydrogens is 548 g/mol. The standard InChI is InChI=1S/C29H32N5O4.Zn/c1-17-8-9-18(32-17)14-19-10-11-20(33-19)15-21-12-13-23(34-21)24(27(36)38-29(5,6)7)25(31)22(16-30)26(35)37-28(2,3)4;/h1,8-15H,2-7H3,(H5,30,31,32,33,34,35,36);/q-1;/p-1. The number of ether oxygens (including phenoxy) is 2. The van der Waals surface area contributed by atoms with Crippen LogP contribution in [0.1, 0.15) is 52.9 Å². The van der Waals surface area contributed by atoms with Gasteiger partial charge in [0, 0.05) is 5.57 Å². The maximum atomic E-state index is 13.2. The number of nitrogens with one attached hydrogen (secondary N) is 2. The first kappa shape index (κ1) is 29.6. The van der Waals surface area contributed by atoms with Crippen LogP contribution in [0.25, 0.3) is 17.9 Å². The Kier molecular flexibility index (Phi) is 9.02. The Bertz CT molecular complexity index is 1430. The van der Waals surface area contributed by atoms with Crippen molar-refractivity contribution in [2.24, 2.45) is 15.7 Å². The molecule has 9 nitrogen and oxygen atoms in total. The summed E-state index contributed by atoms with van der Waals surface area (Å²) in [5.74, 6) is -1.70. The molecule has 0 saturated carbocycles. The molecule has 0 radical (unpaired) electrons. The number of esters is 2. The third kappa shape index (κ3) is 8.29. The van der Waals surface area contributed by atoms with Crippen molar-refractivity contribution in [1.82, 2.24) is 4.98 Å². The molecule has 0 saturated heterocycles. The first-order valence-corrected chi connectivity index (χ1v) is 14.0. The third-order valence-electron chi connectivity index (χ3n) is 5.00. The van der Waals surface area contributed by atoms with Gasteiger partial charge in [0.05, 0.1) is 5.60 Å². The van der Waals surface area contributed by atoms with E-state index in [9.17, 15) is 9.59 Å². The van der Waals surface area contributed by atoms with E-state index in [-0.39, 0.29) is 11.3 Å². The zero-order valence-electron chi connectivity index (χ0n) is 23.0. The average Bonchev–Trinajstić information content (AvgIpc) is 3.54. The summed E-state index contributed by atoms with van der Waals surface area (Å²) < 4.78 is 12.9. The Morgan fingerprint density at radius 3 is 1.97 bits per heavy atom. The van der Waals surface area contributed by atoms with E-state index in [1.165, 1.54) is 0 Å². The summed E-state index contributed by atoms with van der Waals surface area (Å²) in [6.07, 6.45) is 13.2. The number of allylic oxidation sites excluding steroid dienone is 4. The number of hydrogen-bond donors (Lipinski definition) is 2. The van der Waals surface area contributed by atoms with Crippen LogP contribution >= 0.6 is 0 Å². The minimum absolute atomic E-state index is 0.155. The van der Waals surface area contributed by atoms with Crippen molar-refractivity contribution in [2.75, 3.05) is 0 Å². The van der Waals surface area contributed by atoms with Gasteiger partial charge >= 0.3 is 126 Å². The van der Waals surface area contributed by atoms with Crippen molar-refractivity contribution in [3.63, 3.8) is 0 Å². The van der Waals surface area contributed by atoms with Crippen LogP contribution in [0.3, 0.4) is 0 Å². The van der Waals surface area contributed by atoms with Crippen LogP contribution in [0, 0.1) is 6.20 Å². The minimum atomic E-state index is -0.880. The van der Waals surface area contributed by atoms with Gasteiger partial charge in [-0.15, -0.1) is 11.8 Å². The molecule has 3 heterocycles. The molecule has 10 heteroatoms. The van der Waals surface area contributed by atoms with Crippen LogP contribution in [0.4, 0.5) is 0 Å². The molecule has 0 atom stereocenters. The van der Waals surface area contributed by atoms with Gasteiger partial charge in [-0.1, -0.05) is 0 Å². The zero-order chi connectivity index (χ0) is 29.0. The number of carbonyl (C=O) groups is 2. The molecule has 1 aromatic heterocycles.